The number of halogens is 1. The molecular weight excluding hydrogens is 358 g/mol. The van der Waals surface area contributed by atoms with Crippen LogP contribution in [0.4, 0.5) is 5.69 Å². The number of sulfonamides is 1. The SMILES string of the molecule is N[C@@H]1CCN(S(=O)(=O)c2cc3c(cc2Br)CCC(=O)N3)C1. The monoisotopic (exact) mass is 373 g/mol. The third-order valence-corrected chi connectivity index (χ3v) is 6.68. The number of nitrogens with two attached hydrogens (primary N) is 1. The van der Waals surface area contributed by atoms with E-state index in [-0.39, 0.29) is 16.8 Å². The standard InChI is InChI=1S/C13H16BrN3O3S/c14-10-5-8-1-2-13(18)16-11(8)6-12(10)21(19,20)17-4-3-9(15)7-17/h5-6,9H,1-4,7,15H2,(H,16,18)/t9-/m1/s1. The van der Waals surface area contributed by atoms with Gasteiger partial charge in [0.05, 0.1) is 4.90 Å². The lowest BCUT2D eigenvalue weighted by molar-refractivity contribution is -0.116. The van der Waals surface area contributed by atoms with Crippen molar-refractivity contribution in [2.24, 2.45) is 5.73 Å². The van der Waals surface area contributed by atoms with Gasteiger partial charge in [-0.3, -0.25) is 4.79 Å². The third kappa shape index (κ3) is 2.73. The summed E-state index contributed by atoms with van der Waals surface area (Å²) in [5, 5.41) is 2.73. The molecule has 0 aliphatic carbocycles. The van der Waals surface area contributed by atoms with Gasteiger partial charge in [-0.15, -0.1) is 0 Å². The average Bonchev–Trinajstić information content (AvgIpc) is 2.86. The van der Waals surface area contributed by atoms with Gasteiger partial charge >= 0.3 is 0 Å². The van der Waals surface area contributed by atoms with Crippen molar-refractivity contribution < 1.29 is 13.2 Å². The first-order valence-corrected chi connectivity index (χ1v) is 8.99. The van der Waals surface area contributed by atoms with Crippen molar-refractivity contribution in [3.8, 4) is 0 Å². The van der Waals surface area contributed by atoms with Gasteiger partial charge in [0.2, 0.25) is 15.9 Å². The van der Waals surface area contributed by atoms with Gasteiger partial charge in [0.15, 0.2) is 0 Å². The predicted octanol–water partition coefficient (Wildman–Crippen LogP) is 1.06. The Bertz CT molecular complexity index is 705. The summed E-state index contributed by atoms with van der Waals surface area (Å²) in [6.07, 6.45) is 1.71. The number of benzene rings is 1. The number of anilines is 1. The Hall–Kier alpha value is -0.960. The van der Waals surface area contributed by atoms with Crippen molar-refractivity contribution >= 4 is 37.5 Å². The maximum absolute atomic E-state index is 12.7. The van der Waals surface area contributed by atoms with Crippen molar-refractivity contribution in [3.63, 3.8) is 0 Å². The van der Waals surface area contributed by atoms with Gasteiger partial charge < -0.3 is 11.1 Å². The van der Waals surface area contributed by atoms with Gasteiger partial charge in [0.1, 0.15) is 0 Å². The number of aryl methyl sites for hydroxylation is 1. The molecule has 0 unspecified atom stereocenters. The van der Waals surface area contributed by atoms with E-state index in [1.54, 1.807) is 6.07 Å². The van der Waals surface area contributed by atoms with E-state index in [4.69, 9.17) is 5.73 Å². The minimum absolute atomic E-state index is 0.0867. The summed E-state index contributed by atoms with van der Waals surface area (Å²) in [5.74, 6) is -0.0867. The summed E-state index contributed by atoms with van der Waals surface area (Å²) >= 11 is 3.34. The Morgan fingerprint density at radius 2 is 2.10 bits per heavy atom. The summed E-state index contributed by atoms with van der Waals surface area (Å²) < 4.78 is 27.3. The number of carbonyl (C=O) groups excluding carboxylic acids is 1. The average molecular weight is 374 g/mol. The first kappa shape index (κ1) is 15.0. The molecule has 2 heterocycles. The zero-order chi connectivity index (χ0) is 15.2. The van der Waals surface area contributed by atoms with Gasteiger partial charge in [-0.1, -0.05) is 0 Å². The maximum atomic E-state index is 12.7. The highest BCUT2D eigenvalue weighted by Crippen LogP contribution is 2.34. The van der Waals surface area contributed by atoms with Crippen LogP contribution in [0.2, 0.25) is 0 Å². The minimum atomic E-state index is -3.60. The topological polar surface area (TPSA) is 92.5 Å². The molecule has 0 radical (unpaired) electrons. The van der Waals surface area contributed by atoms with Crippen molar-refractivity contribution in [3.05, 3.63) is 22.2 Å². The summed E-state index contributed by atoms with van der Waals surface area (Å²) in [5.41, 5.74) is 7.32. The molecule has 0 aromatic heterocycles. The molecule has 6 nitrogen and oxygen atoms in total. The van der Waals surface area contributed by atoms with Crippen molar-refractivity contribution in [1.29, 1.82) is 0 Å². The zero-order valence-corrected chi connectivity index (χ0v) is 13.7. The zero-order valence-electron chi connectivity index (χ0n) is 11.3. The molecule has 1 amide bonds. The van der Waals surface area contributed by atoms with E-state index in [0.717, 1.165) is 5.56 Å². The second-order valence-corrected chi connectivity index (χ2v) is 8.16. The van der Waals surface area contributed by atoms with Crippen LogP contribution in [0.5, 0.6) is 0 Å². The number of hydrogen-bond donors (Lipinski definition) is 2. The molecule has 0 saturated carbocycles. The number of hydrogen-bond acceptors (Lipinski definition) is 4. The molecule has 114 valence electrons. The van der Waals surface area contributed by atoms with Crippen LogP contribution in [0.15, 0.2) is 21.5 Å². The van der Waals surface area contributed by atoms with E-state index < -0.39 is 10.0 Å². The Balaban J connectivity index is 2.02. The van der Waals surface area contributed by atoms with Crippen LogP contribution < -0.4 is 11.1 Å². The van der Waals surface area contributed by atoms with Crippen molar-refractivity contribution in [1.82, 2.24) is 4.31 Å². The molecule has 1 atom stereocenters. The van der Waals surface area contributed by atoms with Crippen LogP contribution in [0.3, 0.4) is 0 Å². The normalized spacial score (nSPS) is 23.0. The van der Waals surface area contributed by atoms with Gasteiger partial charge in [0.25, 0.3) is 0 Å². The number of carbonyl (C=O) groups is 1. The number of amides is 1. The molecule has 0 spiro atoms. The molecule has 3 rings (SSSR count). The molecule has 1 aromatic rings. The summed E-state index contributed by atoms with van der Waals surface area (Å²) in [6.45, 7) is 0.762. The smallest absolute Gasteiger partial charge is 0.244 e. The molecular formula is C13H16BrN3O3S. The quantitative estimate of drug-likeness (QED) is 0.810. The predicted molar refractivity (Wildman–Crippen MR) is 82.4 cm³/mol. The number of nitrogens with zero attached hydrogens (tertiary/aromatic N) is 1. The van der Waals surface area contributed by atoms with Crippen LogP contribution in [0, 0.1) is 0 Å². The highest BCUT2D eigenvalue weighted by atomic mass is 79.9. The van der Waals surface area contributed by atoms with Crippen LogP contribution in [0.1, 0.15) is 18.4 Å². The summed E-state index contributed by atoms with van der Waals surface area (Å²) in [7, 11) is -3.60. The lowest BCUT2D eigenvalue weighted by Crippen LogP contribution is -2.32. The number of nitrogens with one attached hydrogen (secondary N) is 1. The van der Waals surface area contributed by atoms with Gasteiger partial charge in [0, 0.05) is 35.7 Å². The number of fused-ring (bicyclic) bond motifs is 1. The van der Waals surface area contributed by atoms with Crippen LogP contribution in [-0.4, -0.2) is 37.8 Å². The molecule has 3 N–H and O–H groups in total. The van der Waals surface area contributed by atoms with Crippen LogP contribution in [-0.2, 0) is 21.2 Å². The van der Waals surface area contributed by atoms with Crippen LogP contribution in [0.25, 0.3) is 0 Å². The Morgan fingerprint density at radius 3 is 2.76 bits per heavy atom. The Labute approximate surface area is 131 Å². The fourth-order valence-electron chi connectivity index (χ4n) is 2.69. The minimum Gasteiger partial charge on any atom is -0.326 e. The Kier molecular flexibility index (Phi) is 3.81. The lowest BCUT2D eigenvalue weighted by atomic mass is 10.0. The maximum Gasteiger partial charge on any atom is 0.244 e. The number of rotatable bonds is 2. The second kappa shape index (κ2) is 5.35. The summed E-state index contributed by atoms with van der Waals surface area (Å²) in [6, 6.07) is 3.20. The van der Waals surface area contributed by atoms with Crippen LogP contribution >= 0.6 is 15.9 Å². The lowest BCUT2D eigenvalue weighted by Gasteiger charge is -2.21. The van der Waals surface area contributed by atoms with Crippen molar-refractivity contribution in [2.75, 3.05) is 18.4 Å². The van der Waals surface area contributed by atoms with E-state index in [1.807, 2.05) is 0 Å². The van der Waals surface area contributed by atoms with Crippen molar-refractivity contribution in [2.45, 2.75) is 30.2 Å². The molecule has 1 aromatic carbocycles. The van der Waals surface area contributed by atoms with Gasteiger partial charge in [-0.05, 0) is 46.5 Å². The van der Waals surface area contributed by atoms with Gasteiger partial charge in [-0.2, -0.15) is 4.31 Å². The highest BCUT2D eigenvalue weighted by Gasteiger charge is 2.33. The Morgan fingerprint density at radius 1 is 1.33 bits per heavy atom. The molecule has 1 saturated heterocycles. The molecule has 21 heavy (non-hydrogen) atoms. The van der Waals surface area contributed by atoms with E-state index in [1.165, 1.54) is 10.4 Å². The fraction of sp³-hybridized carbons (Fsp3) is 0.462. The fourth-order valence-corrected chi connectivity index (χ4v) is 5.28. The third-order valence-electron chi connectivity index (χ3n) is 3.86. The van der Waals surface area contributed by atoms with E-state index in [2.05, 4.69) is 21.2 Å². The van der Waals surface area contributed by atoms with E-state index in [0.29, 0.717) is 42.5 Å². The second-order valence-electron chi connectivity index (χ2n) is 5.40. The molecule has 8 heteroatoms. The van der Waals surface area contributed by atoms with E-state index in [9.17, 15) is 13.2 Å². The largest absolute Gasteiger partial charge is 0.326 e. The first-order valence-electron chi connectivity index (χ1n) is 6.76. The van der Waals surface area contributed by atoms with Gasteiger partial charge in [-0.25, -0.2) is 8.42 Å². The first-order chi connectivity index (χ1) is 9.88. The molecule has 2 aliphatic heterocycles. The highest BCUT2D eigenvalue weighted by molar-refractivity contribution is 9.10. The molecule has 0 bridgehead atoms. The molecule has 1 fully saturated rings. The molecule has 2 aliphatic rings. The van der Waals surface area contributed by atoms with E-state index >= 15 is 0 Å². The summed E-state index contributed by atoms with van der Waals surface area (Å²) in [4.78, 5) is 11.6.